The molecule has 0 radical (unpaired) electrons. The average Bonchev–Trinajstić information content (AvgIpc) is 2.40. The van der Waals surface area contributed by atoms with Crippen molar-refractivity contribution < 1.29 is 36.6 Å². The van der Waals surface area contributed by atoms with Crippen LogP contribution in [0, 0.1) is 35.0 Å². The Hall–Kier alpha value is -2.19. The molecule has 1 amide bonds. The molecule has 9 heteroatoms. The van der Waals surface area contributed by atoms with E-state index in [0.717, 1.165) is 0 Å². The predicted octanol–water partition coefficient (Wildman–Crippen LogP) is 1.83. The summed E-state index contributed by atoms with van der Waals surface area (Å²) in [7, 11) is 0. The fraction of sp³-hybridized carbons (Fsp3) is 0.273. The maximum Gasteiger partial charge on any atom is 0.308 e. The molecule has 2 N–H and O–H groups in total. The van der Waals surface area contributed by atoms with Gasteiger partial charge < -0.3 is 10.4 Å². The summed E-state index contributed by atoms with van der Waals surface area (Å²) < 4.78 is 64.9. The van der Waals surface area contributed by atoms with Crippen molar-refractivity contribution in [3.63, 3.8) is 0 Å². The molecule has 1 unspecified atom stereocenters. The number of hydrogen-bond donors (Lipinski definition) is 2. The summed E-state index contributed by atoms with van der Waals surface area (Å²) in [6.45, 7) is 0.648. The molecule has 110 valence electrons. The van der Waals surface area contributed by atoms with Crippen molar-refractivity contribution in [2.24, 2.45) is 5.92 Å². The number of amides is 1. The lowest BCUT2D eigenvalue weighted by atomic mass is 10.1. The molecular formula is C11H8F5NO3. The lowest BCUT2D eigenvalue weighted by molar-refractivity contribution is -0.140. The van der Waals surface area contributed by atoms with E-state index in [9.17, 15) is 31.5 Å². The van der Waals surface area contributed by atoms with Gasteiger partial charge in [0.05, 0.1) is 5.92 Å². The summed E-state index contributed by atoms with van der Waals surface area (Å²) in [5, 5.41) is 10.3. The summed E-state index contributed by atoms with van der Waals surface area (Å²) in [6, 6.07) is 0. The summed E-state index contributed by atoms with van der Waals surface area (Å²) in [5.74, 6) is -15.4. The second-order valence-corrected chi connectivity index (χ2v) is 3.89. The van der Waals surface area contributed by atoms with E-state index >= 15 is 0 Å². The minimum Gasteiger partial charge on any atom is -0.481 e. The van der Waals surface area contributed by atoms with E-state index in [0.29, 0.717) is 0 Å². The zero-order valence-corrected chi connectivity index (χ0v) is 9.94. The Balaban J connectivity index is 3.08. The van der Waals surface area contributed by atoms with Crippen molar-refractivity contribution in [1.29, 1.82) is 0 Å². The van der Waals surface area contributed by atoms with Gasteiger partial charge in [-0.05, 0) is 0 Å². The van der Waals surface area contributed by atoms with Crippen LogP contribution in [-0.4, -0.2) is 23.5 Å². The highest BCUT2D eigenvalue weighted by Crippen LogP contribution is 2.22. The smallest absolute Gasteiger partial charge is 0.308 e. The number of carboxylic acids is 1. The van der Waals surface area contributed by atoms with Crippen LogP contribution < -0.4 is 5.32 Å². The fourth-order valence-electron chi connectivity index (χ4n) is 1.23. The molecular weight excluding hydrogens is 289 g/mol. The Morgan fingerprint density at radius 3 is 1.80 bits per heavy atom. The SMILES string of the molecule is CC(CNC(=O)c1c(F)c(F)c(F)c(F)c1F)C(=O)O. The van der Waals surface area contributed by atoms with Crippen LogP contribution in [0.5, 0.6) is 0 Å². The maximum atomic E-state index is 13.2. The van der Waals surface area contributed by atoms with Gasteiger partial charge in [-0.1, -0.05) is 6.92 Å². The van der Waals surface area contributed by atoms with Crippen molar-refractivity contribution in [3.8, 4) is 0 Å². The Morgan fingerprint density at radius 2 is 1.40 bits per heavy atom. The number of hydrogen-bond acceptors (Lipinski definition) is 2. The number of nitrogens with one attached hydrogen (secondary N) is 1. The molecule has 1 rings (SSSR count). The normalized spacial score (nSPS) is 12.1. The van der Waals surface area contributed by atoms with Crippen LogP contribution in [0.4, 0.5) is 22.0 Å². The lowest BCUT2D eigenvalue weighted by Gasteiger charge is -2.10. The highest BCUT2D eigenvalue weighted by molar-refractivity contribution is 5.95. The van der Waals surface area contributed by atoms with Gasteiger partial charge >= 0.3 is 5.97 Å². The average molecular weight is 297 g/mol. The first kappa shape index (κ1) is 15.9. The van der Waals surface area contributed by atoms with E-state index in [1.165, 1.54) is 6.92 Å². The van der Waals surface area contributed by atoms with Crippen molar-refractivity contribution >= 4 is 11.9 Å². The first-order chi connectivity index (χ1) is 9.18. The van der Waals surface area contributed by atoms with Crippen LogP contribution in [0.25, 0.3) is 0 Å². The summed E-state index contributed by atoms with van der Waals surface area (Å²) in [4.78, 5) is 21.9. The molecule has 0 heterocycles. The molecule has 0 aliphatic rings. The second-order valence-electron chi connectivity index (χ2n) is 3.89. The van der Waals surface area contributed by atoms with E-state index in [1.807, 2.05) is 0 Å². The molecule has 0 aromatic heterocycles. The first-order valence-corrected chi connectivity index (χ1v) is 5.20. The molecule has 1 aromatic rings. The molecule has 0 aliphatic carbocycles. The standard InChI is InChI=1S/C11H8F5NO3/c1-3(11(19)20)2-17-10(18)4-5(12)7(14)9(16)8(15)6(4)13/h3H,2H2,1H3,(H,17,18)(H,19,20). The van der Waals surface area contributed by atoms with Crippen LogP contribution in [0.2, 0.25) is 0 Å². The number of benzene rings is 1. The van der Waals surface area contributed by atoms with Gasteiger partial charge in [0.15, 0.2) is 23.3 Å². The minimum atomic E-state index is -2.38. The fourth-order valence-corrected chi connectivity index (χ4v) is 1.23. The van der Waals surface area contributed by atoms with Gasteiger partial charge in [-0.3, -0.25) is 9.59 Å². The van der Waals surface area contributed by atoms with Crippen LogP contribution in [0.1, 0.15) is 17.3 Å². The number of halogens is 5. The predicted molar refractivity (Wildman–Crippen MR) is 55.4 cm³/mol. The van der Waals surface area contributed by atoms with E-state index in [4.69, 9.17) is 5.11 Å². The maximum absolute atomic E-state index is 13.2. The number of carbonyl (C=O) groups excluding carboxylic acids is 1. The molecule has 0 fully saturated rings. The van der Waals surface area contributed by atoms with Gasteiger partial charge in [0.2, 0.25) is 5.82 Å². The highest BCUT2D eigenvalue weighted by atomic mass is 19.2. The Bertz CT molecular complexity index is 547. The number of carbonyl (C=O) groups is 2. The van der Waals surface area contributed by atoms with Gasteiger partial charge in [0.25, 0.3) is 5.91 Å². The third-order valence-electron chi connectivity index (χ3n) is 2.43. The van der Waals surface area contributed by atoms with Crippen molar-refractivity contribution in [1.82, 2.24) is 5.32 Å². The number of carboxylic acid groups (broad SMARTS) is 1. The summed E-state index contributed by atoms with van der Waals surface area (Å²) in [5.41, 5.74) is -1.65. The van der Waals surface area contributed by atoms with E-state index in [2.05, 4.69) is 0 Å². The molecule has 0 saturated carbocycles. The van der Waals surface area contributed by atoms with E-state index < -0.39 is 59.0 Å². The molecule has 0 aliphatic heterocycles. The van der Waals surface area contributed by atoms with Crippen LogP contribution in [-0.2, 0) is 4.79 Å². The molecule has 4 nitrogen and oxygen atoms in total. The monoisotopic (exact) mass is 297 g/mol. The Labute approximate surface area is 109 Å². The van der Waals surface area contributed by atoms with E-state index in [-0.39, 0.29) is 0 Å². The Kier molecular flexibility index (Phi) is 4.64. The molecule has 20 heavy (non-hydrogen) atoms. The lowest BCUT2D eigenvalue weighted by Crippen LogP contribution is -2.33. The van der Waals surface area contributed by atoms with E-state index in [1.54, 1.807) is 5.32 Å². The third kappa shape index (κ3) is 2.86. The van der Waals surface area contributed by atoms with Gasteiger partial charge in [0, 0.05) is 6.54 Å². The van der Waals surface area contributed by atoms with Crippen LogP contribution >= 0.6 is 0 Å². The van der Waals surface area contributed by atoms with Gasteiger partial charge in [-0.15, -0.1) is 0 Å². The van der Waals surface area contributed by atoms with Gasteiger partial charge in [0.1, 0.15) is 5.56 Å². The largest absolute Gasteiger partial charge is 0.481 e. The molecule has 0 saturated heterocycles. The third-order valence-corrected chi connectivity index (χ3v) is 2.43. The van der Waals surface area contributed by atoms with Crippen molar-refractivity contribution in [2.75, 3.05) is 6.54 Å². The Morgan fingerprint density at radius 1 is 1.00 bits per heavy atom. The summed E-state index contributed by atoms with van der Waals surface area (Å²) in [6.07, 6.45) is 0. The first-order valence-electron chi connectivity index (χ1n) is 5.20. The summed E-state index contributed by atoms with van der Waals surface area (Å²) >= 11 is 0. The minimum absolute atomic E-state index is 0.534. The topological polar surface area (TPSA) is 66.4 Å². The molecule has 1 atom stereocenters. The molecule has 0 bridgehead atoms. The van der Waals surface area contributed by atoms with Crippen molar-refractivity contribution in [2.45, 2.75) is 6.92 Å². The van der Waals surface area contributed by atoms with Gasteiger partial charge in [-0.2, -0.15) is 0 Å². The number of rotatable bonds is 4. The second kappa shape index (κ2) is 5.85. The molecule has 0 spiro atoms. The zero-order chi connectivity index (χ0) is 15.6. The zero-order valence-electron chi connectivity index (χ0n) is 9.94. The van der Waals surface area contributed by atoms with Crippen LogP contribution in [0.15, 0.2) is 0 Å². The highest BCUT2D eigenvalue weighted by Gasteiger charge is 2.29. The molecule has 1 aromatic carbocycles. The van der Waals surface area contributed by atoms with Crippen LogP contribution in [0.3, 0.4) is 0 Å². The quantitative estimate of drug-likeness (QED) is 0.506. The van der Waals surface area contributed by atoms with Crippen molar-refractivity contribution in [3.05, 3.63) is 34.6 Å². The number of aliphatic carboxylic acids is 1. The van der Waals surface area contributed by atoms with Gasteiger partial charge in [-0.25, -0.2) is 22.0 Å².